The van der Waals surface area contributed by atoms with Crippen molar-refractivity contribution in [2.45, 2.75) is 25.9 Å². The van der Waals surface area contributed by atoms with Crippen LogP contribution in [0.25, 0.3) is 0 Å². The minimum atomic E-state index is -1.15. The lowest BCUT2D eigenvalue weighted by molar-refractivity contribution is -0.152. The van der Waals surface area contributed by atoms with Gasteiger partial charge in [-0.3, -0.25) is 19.3 Å². The average molecular weight is 370 g/mol. The Bertz CT molecular complexity index is 854. The zero-order chi connectivity index (χ0) is 19.6. The van der Waals surface area contributed by atoms with E-state index in [2.05, 4.69) is 5.32 Å². The summed E-state index contributed by atoms with van der Waals surface area (Å²) in [4.78, 5) is 49.7. The number of nitrogens with zero attached hydrogens (tertiary/aromatic N) is 1. The molecule has 0 aliphatic carbocycles. The van der Waals surface area contributed by atoms with Gasteiger partial charge in [0.1, 0.15) is 11.8 Å². The summed E-state index contributed by atoms with van der Waals surface area (Å²) in [6.45, 7) is 2.57. The zero-order valence-electron chi connectivity index (χ0n) is 14.8. The highest BCUT2D eigenvalue weighted by molar-refractivity contribution is 6.22. The number of furan rings is 1. The van der Waals surface area contributed by atoms with Gasteiger partial charge in [-0.2, -0.15) is 0 Å². The summed E-state index contributed by atoms with van der Waals surface area (Å²) in [6, 6.07) is 8.20. The Morgan fingerprint density at radius 2 is 1.70 bits per heavy atom. The molecule has 0 saturated heterocycles. The van der Waals surface area contributed by atoms with Crippen LogP contribution in [0.15, 0.2) is 47.1 Å². The minimum absolute atomic E-state index is 0.243. The first-order valence-electron chi connectivity index (χ1n) is 8.36. The Labute approximate surface area is 155 Å². The first-order valence-corrected chi connectivity index (χ1v) is 8.36. The summed E-state index contributed by atoms with van der Waals surface area (Å²) in [7, 11) is 0. The molecule has 0 spiro atoms. The van der Waals surface area contributed by atoms with Gasteiger partial charge < -0.3 is 14.5 Å². The van der Waals surface area contributed by atoms with E-state index in [0.29, 0.717) is 5.76 Å². The van der Waals surface area contributed by atoms with Crippen LogP contribution in [0.4, 0.5) is 0 Å². The first-order chi connectivity index (χ1) is 12.9. The molecule has 1 N–H and O–H groups in total. The van der Waals surface area contributed by atoms with Gasteiger partial charge in [0.15, 0.2) is 6.61 Å². The van der Waals surface area contributed by atoms with Gasteiger partial charge in [0.2, 0.25) is 0 Å². The molecule has 140 valence electrons. The van der Waals surface area contributed by atoms with Crippen molar-refractivity contribution in [3.8, 4) is 0 Å². The number of amides is 3. The van der Waals surface area contributed by atoms with Crippen LogP contribution < -0.4 is 5.32 Å². The molecule has 8 heteroatoms. The molecule has 1 aromatic carbocycles. The second-order valence-electron chi connectivity index (χ2n) is 6.11. The maximum absolute atomic E-state index is 12.4. The number of carbonyl (C=O) groups is 4. The molecule has 1 aliphatic rings. The van der Waals surface area contributed by atoms with Gasteiger partial charge >= 0.3 is 5.97 Å². The van der Waals surface area contributed by atoms with E-state index in [9.17, 15) is 19.2 Å². The second-order valence-corrected chi connectivity index (χ2v) is 6.11. The first kappa shape index (κ1) is 18.4. The Balaban J connectivity index is 1.56. The fourth-order valence-electron chi connectivity index (χ4n) is 2.81. The summed E-state index contributed by atoms with van der Waals surface area (Å²) in [5.41, 5.74) is 0.485. The molecule has 0 saturated carbocycles. The SMILES string of the molecule is C[C@H](C(=O)OCC(=O)N[C@H](C)c1ccco1)N1C(=O)c2ccccc2C1=O. The summed E-state index contributed by atoms with van der Waals surface area (Å²) in [5, 5.41) is 2.62. The number of hydrogen-bond donors (Lipinski definition) is 1. The van der Waals surface area contributed by atoms with Gasteiger partial charge in [-0.25, -0.2) is 4.79 Å². The fourth-order valence-corrected chi connectivity index (χ4v) is 2.81. The van der Waals surface area contributed by atoms with E-state index in [4.69, 9.17) is 9.15 Å². The monoisotopic (exact) mass is 370 g/mol. The lowest BCUT2D eigenvalue weighted by Crippen LogP contribution is -2.44. The molecular formula is C19H18N2O6. The Kier molecular flexibility index (Phi) is 5.07. The number of carbonyl (C=O) groups excluding carboxylic acids is 4. The third-order valence-corrected chi connectivity index (χ3v) is 4.25. The molecule has 2 aromatic rings. The molecule has 3 rings (SSSR count). The molecule has 1 aromatic heterocycles. The van der Waals surface area contributed by atoms with Crippen molar-refractivity contribution in [1.82, 2.24) is 10.2 Å². The minimum Gasteiger partial charge on any atom is -0.467 e. The van der Waals surface area contributed by atoms with Crippen molar-refractivity contribution in [3.63, 3.8) is 0 Å². The molecule has 0 unspecified atom stereocenters. The molecule has 0 fully saturated rings. The quantitative estimate of drug-likeness (QED) is 0.613. The summed E-state index contributed by atoms with van der Waals surface area (Å²) < 4.78 is 10.1. The highest BCUT2D eigenvalue weighted by Crippen LogP contribution is 2.24. The predicted molar refractivity (Wildman–Crippen MR) is 92.6 cm³/mol. The van der Waals surface area contributed by atoms with Crippen LogP contribution in [0, 0.1) is 0 Å². The number of esters is 1. The second kappa shape index (κ2) is 7.45. The van der Waals surface area contributed by atoms with E-state index in [1.165, 1.54) is 25.3 Å². The molecular weight excluding hydrogens is 352 g/mol. The lowest BCUT2D eigenvalue weighted by atomic mass is 10.1. The van der Waals surface area contributed by atoms with Gasteiger partial charge in [-0.05, 0) is 38.1 Å². The van der Waals surface area contributed by atoms with Gasteiger partial charge in [0.05, 0.1) is 23.4 Å². The summed E-state index contributed by atoms with van der Waals surface area (Å²) >= 11 is 0. The number of rotatable bonds is 6. The molecule has 0 bridgehead atoms. The zero-order valence-corrected chi connectivity index (χ0v) is 14.8. The number of nitrogens with one attached hydrogen (secondary N) is 1. The molecule has 2 heterocycles. The van der Waals surface area contributed by atoms with Crippen molar-refractivity contribution in [1.29, 1.82) is 0 Å². The van der Waals surface area contributed by atoms with E-state index >= 15 is 0 Å². The summed E-state index contributed by atoms with van der Waals surface area (Å²) in [6.07, 6.45) is 1.49. The third kappa shape index (κ3) is 3.59. The topological polar surface area (TPSA) is 106 Å². The van der Waals surface area contributed by atoms with Gasteiger partial charge in [0.25, 0.3) is 17.7 Å². The normalized spacial score (nSPS) is 15.3. The molecule has 27 heavy (non-hydrogen) atoms. The van der Waals surface area contributed by atoms with Crippen molar-refractivity contribution in [2.75, 3.05) is 6.61 Å². The van der Waals surface area contributed by atoms with Crippen LogP contribution in [-0.2, 0) is 14.3 Å². The van der Waals surface area contributed by atoms with E-state index in [0.717, 1.165) is 4.90 Å². The summed E-state index contributed by atoms with van der Waals surface area (Å²) in [5.74, 6) is -1.92. The number of ether oxygens (including phenoxy) is 1. The molecule has 3 amide bonds. The fraction of sp³-hybridized carbons (Fsp3) is 0.263. The Hall–Kier alpha value is -3.42. The Morgan fingerprint density at radius 3 is 2.26 bits per heavy atom. The standard InChI is InChI=1S/C19H18N2O6/c1-11(15-8-5-9-26-15)20-16(22)10-27-19(25)12(2)21-17(23)13-6-3-4-7-14(13)18(21)24/h3-9,11-12H,10H2,1-2H3,(H,20,22)/t11-,12-/m1/s1. The van der Waals surface area contributed by atoms with Crippen molar-refractivity contribution in [2.24, 2.45) is 0 Å². The van der Waals surface area contributed by atoms with Gasteiger partial charge in [-0.1, -0.05) is 12.1 Å². The maximum Gasteiger partial charge on any atom is 0.329 e. The molecule has 0 radical (unpaired) electrons. The van der Waals surface area contributed by atoms with Crippen LogP contribution in [0.1, 0.15) is 46.4 Å². The van der Waals surface area contributed by atoms with E-state index < -0.39 is 36.3 Å². The van der Waals surface area contributed by atoms with Crippen LogP contribution >= 0.6 is 0 Å². The van der Waals surface area contributed by atoms with E-state index in [1.54, 1.807) is 31.2 Å². The number of hydrogen-bond acceptors (Lipinski definition) is 6. The average Bonchev–Trinajstić information content (AvgIpc) is 3.28. The van der Waals surface area contributed by atoms with Crippen molar-refractivity contribution >= 4 is 23.7 Å². The van der Waals surface area contributed by atoms with Gasteiger partial charge in [-0.15, -0.1) is 0 Å². The van der Waals surface area contributed by atoms with Crippen molar-refractivity contribution in [3.05, 3.63) is 59.5 Å². The largest absolute Gasteiger partial charge is 0.467 e. The predicted octanol–water partition coefficient (Wildman–Crippen LogP) is 1.68. The number of imide groups is 1. The highest BCUT2D eigenvalue weighted by Gasteiger charge is 2.41. The third-order valence-electron chi connectivity index (χ3n) is 4.25. The highest BCUT2D eigenvalue weighted by atomic mass is 16.5. The van der Waals surface area contributed by atoms with E-state index in [1.807, 2.05) is 0 Å². The molecule has 1 aliphatic heterocycles. The van der Waals surface area contributed by atoms with E-state index in [-0.39, 0.29) is 17.2 Å². The van der Waals surface area contributed by atoms with Crippen molar-refractivity contribution < 1.29 is 28.3 Å². The van der Waals surface area contributed by atoms with Crippen LogP contribution in [0.2, 0.25) is 0 Å². The number of benzene rings is 1. The number of fused-ring (bicyclic) bond motifs is 1. The smallest absolute Gasteiger partial charge is 0.329 e. The maximum atomic E-state index is 12.4. The molecule has 8 nitrogen and oxygen atoms in total. The van der Waals surface area contributed by atoms with Gasteiger partial charge in [0, 0.05) is 0 Å². The molecule has 2 atom stereocenters. The Morgan fingerprint density at radius 1 is 1.07 bits per heavy atom. The van der Waals surface area contributed by atoms with Crippen LogP contribution in [-0.4, -0.2) is 41.2 Å². The van der Waals surface area contributed by atoms with Crippen LogP contribution in [0.5, 0.6) is 0 Å². The van der Waals surface area contributed by atoms with Crippen LogP contribution in [0.3, 0.4) is 0 Å². The lowest BCUT2D eigenvalue weighted by Gasteiger charge is -2.21.